The van der Waals surface area contributed by atoms with Gasteiger partial charge in [0.2, 0.25) is 5.91 Å². The summed E-state index contributed by atoms with van der Waals surface area (Å²) in [6.07, 6.45) is 1.33. The van der Waals surface area contributed by atoms with Gasteiger partial charge < -0.3 is 10.1 Å². The van der Waals surface area contributed by atoms with Crippen molar-refractivity contribution in [2.24, 2.45) is 0 Å². The number of nitriles is 1. The monoisotopic (exact) mass is 278 g/mol. The van der Waals surface area contributed by atoms with E-state index in [0.717, 1.165) is 5.56 Å². The molecule has 0 radical (unpaired) electrons. The molecule has 0 bridgehead atoms. The van der Waals surface area contributed by atoms with Gasteiger partial charge in [-0.3, -0.25) is 4.79 Å². The molecular weight excluding hydrogens is 264 g/mol. The zero-order valence-electron chi connectivity index (χ0n) is 10.5. The molecule has 1 heterocycles. The molecule has 0 atom stereocenters. The van der Waals surface area contributed by atoms with Gasteiger partial charge in [-0.15, -0.1) is 0 Å². The van der Waals surface area contributed by atoms with E-state index < -0.39 is 5.54 Å². The Bertz CT molecular complexity index is 487. The first-order valence-electron chi connectivity index (χ1n) is 6.18. The van der Waals surface area contributed by atoms with Crippen molar-refractivity contribution in [3.05, 3.63) is 34.9 Å². The number of rotatable bonds is 3. The van der Waals surface area contributed by atoms with Gasteiger partial charge in [0.25, 0.3) is 0 Å². The van der Waals surface area contributed by atoms with Crippen LogP contribution >= 0.6 is 11.6 Å². The third-order valence-corrected chi connectivity index (χ3v) is 3.47. The Kier molecular flexibility index (Phi) is 4.41. The molecule has 1 aromatic carbocycles. The topological polar surface area (TPSA) is 62.1 Å². The minimum Gasteiger partial charge on any atom is -0.381 e. The fourth-order valence-electron chi connectivity index (χ4n) is 2.08. The van der Waals surface area contributed by atoms with E-state index in [1.165, 1.54) is 0 Å². The van der Waals surface area contributed by atoms with Crippen LogP contribution in [0.2, 0.25) is 5.02 Å². The first-order chi connectivity index (χ1) is 9.13. The molecule has 1 N–H and O–H groups in total. The molecule has 1 fully saturated rings. The number of hydrogen-bond acceptors (Lipinski definition) is 3. The third kappa shape index (κ3) is 3.69. The number of hydrogen-bond donors (Lipinski definition) is 1. The van der Waals surface area contributed by atoms with Gasteiger partial charge >= 0.3 is 0 Å². The first kappa shape index (κ1) is 13.9. The molecule has 1 aliphatic heterocycles. The van der Waals surface area contributed by atoms with Gasteiger partial charge in [-0.25, -0.2) is 0 Å². The molecule has 1 aromatic rings. The standard InChI is InChI=1S/C14H15ClN2O2/c15-12-3-1-11(2-4-12)9-13(18)17-14(10-16)5-7-19-8-6-14/h1-4H,5-9H2,(H,17,18). The van der Waals surface area contributed by atoms with Gasteiger partial charge in [0, 0.05) is 31.1 Å². The summed E-state index contributed by atoms with van der Waals surface area (Å²) in [5.41, 5.74) is 0.101. The van der Waals surface area contributed by atoms with Gasteiger partial charge in [-0.1, -0.05) is 23.7 Å². The molecule has 100 valence electrons. The Hall–Kier alpha value is -1.57. The predicted molar refractivity (Wildman–Crippen MR) is 71.7 cm³/mol. The van der Waals surface area contributed by atoms with E-state index in [9.17, 15) is 10.1 Å². The average molecular weight is 279 g/mol. The number of halogens is 1. The van der Waals surface area contributed by atoms with Gasteiger partial charge in [0.1, 0.15) is 5.54 Å². The number of carbonyl (C=O) groups excluding carboxylic acids is 1. The molecule has 19 heavy (non-hydrogen) atoms. The number of benzene rings is 1. The maximum Gasteiger partial charge on any atom is 0.225 e. The van der Waals surface area contributed by atoms with Gasteiger partial charge in [0.05, 0.1) is 12.5 Å². The third-order valence-electron chi connectivity index (χ3n) is 3.22. The average Bonchev–Trinajstić information content (AvgIpc) is 2.42. The van der Waals surface area contributed by atoms with Crippen molar-refractivity contribution < 1.29 is 9.53 Å². The smallest absolute Gasteiger partial charge is 0.225 e. The van der Waals surface area contributed by atoms with Crippen LogP contribution in [-0.2, 0) is 16.0 Å². The summed E-state index contributed by atoms with van der Waals surface area (Å²) in [6, 6.07) is 9.33. The van der Waals surface area contributed by atoms with Crippen LogP contribution in [0.15, 0.2) is 24.3 Å². The molecule has 4 nitrogen and oxygen atoms in total. The fraction of sp³-hybridized carbons (Fsp3) is 0.429. The SMILES string of the molecule is N#CC1(NC(=O)Cc2ccc(Cl)cc2)CCOCC1. The normalized spacial score (nSPS) is 17.5. The van der Waals surface area contributed by atoms with Crippen molar-refractivity contribution in [3.63, 3.8) is 0 Å². The highest BCUT2D eigenvalue weighted by atomic mass is 35.5. The Morgan fingerprint density at radius 2 is 2.00 bits per heavy atom. The predicted octanol–water partition coefficient (Wildman–Crippen LogP) is 2.07. The minimum atomic E-state index is -0.776. The van der Waals surface area contributed by atoms with Crippen molar-refractivity contribution in [2.75, 3.05) is 13.2 Å². The van der Waals surface area contributed by atoms with E-state index in [1.807, 2.05) is 12.1 Å². The maximum atomic E-state index is 12.0. The van der Waals surface area contributed by atoms with Crippen LogP contribution in [0, 0.1) is 11.3 Å². The summed E-state index contributed by atoms with van der Waals surface area (Å²) < 4.78 is 5.22. The highest BCUT2D eigenvalue weighted by Crippen LogP contribution is 2.20. The van der Waals surface area contributed by atoms with Crippen molar-refractivity contribution in [1.82, 2.24) is 5.32 Å². The number of nitrogens with one attached hydrogen (secondary N) is 1. The van der Waals surface area contributed by atoms with Crippen LogP contribution in [0.5, 0.6) is 0 Å². The zero-order valence-corrected chi connectivity index (χ0v) is 11.2. The highest BCUT2D eigenvalue weighted by molar-refractivity contribution is 6.30. The van der Waals surface area contributed by atoms with Crippen LogP contribution in [0.3, 0.4) is 0 Å². The van der Waals surface area contributed by atoms with Crippen LogP contribution < -0.4 is 5.32 Å². The Labute approximate surface area is 117 Å². The molecule has 1 aliphatic rings. The molecule has 2 rings (SSSR count). The van der Waals surface area contributed by atoms with Crippen LogP contribution in [0.1, 0.15) is 18.4 Å². The summed E-state index contributed by atoms with van der Waals surface area (Å²) in [7, 11) is 0. The lowest BCUT2D eigenvalue weighted by atomic mass is 9.91. The van der Waals surface area contributed by atoms with Crippen molar-refractivity contribution in [2.45, 2.75) is 24.8 Å². The van der Waals surface area contributed by atoms with Gasteiger partial charge in [-0.2, -0.15) is 5.26 Å². The Morgan fingerprint density at radius 3 is 2.58 bits per heavy atom. The van der Waals surface area contributed by atoms with E-state index >= 15 is 0 Å². The molecule has 0 saturated carbocycles. The Balaban J connectivity index is 1.96. The summed E-state index contributed by atoms with van der Waals surface area (Å²) in [5.74, 6) is -0.147. The molecule has 0 aromatic heterocycles. The molecule has 5 heteroatoms. The van der Waals surface area contributed by atoms with Gasteiger partial charge in [-0.05, 0) is 17.7 Å². The van der Waals surface area contributed by atoms with Crippen LogP contribution in [-0.4, -0.2) is 24.7 Å². The molecule has 1 saturated heterocycles. The second-order valence-electron chi connectivity index (χ2n) is 4.66. The number of carbonyl (C=O) groups is 1. The quantitative estimate of drug-likeness (QED) is 0.921. The van der Waals surface area contributed by atoms with Crippen molar-refractivity contribution in [3.8, 4) is 6.07 Å². The van der Waals surface area contributed by atoms with Crippen LogP contribution in [0.4, 0.5) is 0 Å². The molecule has 0 unspecified atom stereocenters. The summed E-state index contributed by atoms with van der Waals surface area (Å²) in [6.45, 7) is 1.02. The molecule has 1 amide bonds. The van der Waals surface area contributed by atoms with Crippen molar-refractivity contribution in [1.29, 1.82) is 5.26 Å². The van der Waals surface area contributed by atoms with Crippen LogP contribution in [0.25, 0.3) is 0 Å². The lowest BCUT2D eigenvalue weighted by molar-refractivity contribution is -0.122. The van der Waals surface area contributed by atoms with Crippen molar-refractivity contribution >= 4 is 17.5 Å². The van der Waals surface area contributed by atoms with E-state index in [1.54, 1.807) is 12.1 Å². The van der Waals surface area contributed by atoms with E-state index in [-0.39, 0.29) is 12.3 Å². The first-order valence-corrected chi connectivity index (χ1v) is 6.56. The maximum absolute atomic E-state index is 12.0. The van der Waals surface area contributed by atoms with Gasteiger partial charge in [0.15, 0.2) is 0 Å². The summed E-state index contributed by atoms with van der Waals surface area (Å²) in [4.78, 5) is 12.0. The molecule has 0 aliphatic carbocycles. The van der Waals surface area contributed by atoms with E-state index in [0.29, 0.717) is 31.1 Å². The number of ether oxygens (including phenoxy) is 1. The van der Waals surface area contributed by atoms with E-state index in [2.05, 4.69) is 11.4 Å². The Morgan fingerprint density at radius 1 is 1.37 bits per heavy atom. The number of nitrogens with zero attached hydrogens (tertiary/aromatic N) is 1. The largest absolute Gasteiger partial charge is 0.381 e. The second-order valence-corrected chi connectivity index (χ2v) is 5.09. The number of amides is 1. The zero-order chi connectivity index (χ0) is 13.7. The lowest BCUT2D eigenvalue weighted by Crippen LogP contribution is -2.51. The molecule has 0 spiro atoms. The highest BCUT2D eigenvalue weighted by Gasteiger charge is 2.34. The summed E-state index contributed by atoms with van der Waals surface area (Å²) in [5, 5.41) is 12.7. The summed E-state index contributed by atoms with van der Waals surface area (Å²) >= 11 is 5.79. The lowest BCUT2D eigenvalue weighted by Gasteiger charge is -2.31. The van der Waals surface area contributed by atoms with E-state index in [4.69, 9.17) is 16.3 Å². The minimum absolute atomic E-state index is 0.147. The molecular formula is C14H15ClN2O2. The second kappa shape index (κ2) is 6.05. The fourth-order valence-corrected chi connectivity index (χ4v) is 2.21.